The lowest BCUT2D eigenvalue weighted by Gasteiger charge is -2.32. The molecule has 3 rings (SSSR count). The Hall–Kier alpha value is -1.68. The van der Waals surface area contributed by atoms with Gasteiger partial charge in [0, 0.05) is 0 Å². The average Bonchev–Trinajstić information content (AvgIpc) is 2.47. The van der Waals surface area contributed by atoms with Gasteiger partial charge in [-0.1, -0.05) is 12.1 Å². The zero-order valence-corrected chi connectivity index (χ0v) is 10.2. The van der Waals surface area contributed by atoms with Crippen LogP contribution in [0.4, 0.5) is 0 Å². The van der Waals surface area contributed by atoms with Gasteiger partial charge in [0.2, 0.25) is 0 Å². The Morgan fingerprint density at radius 1 is 1.22 bits per heavy atom. The van der Waals surface area contributed by atoms with Crippen molar-refractivity contribution in [3.8, 4) is 11.5 Å². The minimum atomic E-state index is -0.168. The standard InChI is InChI=1S/C14H17NO3/c15-14(10-4-3-7-16-8-10)13-9-17-11-5-1-2-6-12(11)18-13/h1-2,5-6,8,13-14H,3-4,7,9,15H2. The van der Waals surface area contributed by atoms with Gasteiger partial charge >= 0.3 is 0 Å². The van der Waals surface area contributed by atoms with E-state index >= 15 is 0 Å². The molecule has 0 saturated heterocycles. The zero-order chi connectivity index (χ0) is 12.4. The monoisotopic (exact) mass is 247 g/mol. The van der Waals surface area contributed by atoms with Gasteiger partial charge in [-0.25, -0.2) is 0 Å². The van der Waals surface area contributed by atoms with E-state index in [0.29, 0.717) is 6.61 Å². The molecule has 2 N–H and O–H groups in total. The summed E-state index contributed by atoms with van der Waals surface area (Å²) in [5.74, 6) is 1.55. The van der Waals surface area contributed by atoms with Crippen LogP contribution in [-0.4, -0.2) is 25.4 Å². The third-order valence-electron chi connectivity index (χ3n) is 3.32. The second kappa shape index (κ2) is 4.90. The molecule has 0 aliphatic carbocycles. The summed E-state index contributed by atoms with van der Waals surface area (Å²) in [5.41, 5.74) is 7.33. The Balaban J connectivity index is 1.73. The Bertz CT molecular complexity index is 458. The molecule has 0 fully saturated rings. The lowest BCUT2D eigenvalue weighted by atomic mass is 9.98. The molecule has 2 atom stereocenters. The van der Waals surface area contributed by atoms with E-state index in [1.165, 1.54) is 0 Å². The fourth-order valence-corrected chi connectivity index (χ4v) is 2.28. The molecule has 96 valence electrons. The molecule has 2 aliphatic heterocycles. The molecular formula is C14H17NO3. The van der Waals surface area contributed by atoms with Gasteiger partial charge in [-0.3, -0.25) is 0 Å². The molecule has 0 radical (unpaired) electrons. The summed E-state index contributed by atoms with van der Waals surface area (Å²) in [6, 6.07) is 7.50. The summed E-state index contributed by atoms with van der Waals surface area (Å²) in [6.07, 6.45) is 3.62. The quantitative estimate of drug-likeness (QED) is 0.866. The SMILES string of the molecule is NC(C1=COCCC1)C1COc2ccccc2O1. The number of fused-ring (bicyclic) bond motifs is 1. The molecule has 2 heterocycles. The van der Waals surface area contributed by atoms with Gasteiger partial charge in [0.05, 0.1) is 18.9 Å². The summed E-state index contributed by atoms with van der Waals surface area (Å²) in [7, 11) is 0. The number of hydrogen-bond donors (Lipinski definition) is 1. The van der Waals surface area contributed by atoms with E-state index in [1.807, 2.05) is 24.3 Å². The fraction of sp³-hybridized carbons (Fsp3) is 0.429. The van der Waals surface area contributed by atoms with Crippen molar-refractivity contribution < 1.29 is 14.2 Å². The lowest BCUT2D eigenvalue weighted by Crippen LogP contribution is -2.46. The van der Waals surface area contributed by atoms with Crippen molar-refractivity contribution in [1.29, 1.82) is 0 Å². The maximum Gasteiger partial charge on any atom is 0.161 e. The second-order valence-electron chi connectivity index (χ2n) is 4.61. The zero-order valence-electron chi connectivity index (χ0n) is 10.2. The van der Waals surface area contributed by atoms with E-state index in [2.05, 4.69) is 0 Å². The molecule has 0 amide bonds. The van der Waals surface area contributed by atoms with Gasteiger partial charge in [0.1, 0.15) is 6.61 Å². The summed E-state index contributed by atoms with van der Waals surface area (Å²) >= 11 is 0. The van der Waals surface area contributed by atoms with E-state index in [4.69, 9.17) is 19.9 Å². The lowest BCUT2D eigenvalue weighted by molar-refractivity contribution is 0.0765. The summed E-state index contributed by atoms with van der Waals surface area (Å²) < 4.78 is 16.9. The Morgan fingerprint density at radius 3 is 2.83 bits per heavy atom. The van der Waals surface area contributed by atoms with Gasteiger partial charge in [0.25, 0.3) is 0 Å². The van der Waals surface area contributed by atoms with Crippen molar-refractivity contribution in [3.05, 3.63) is 36.1 Å². The summed E-state index contributed by atoms with van der Waals surface area (Å²) in [4.78, 5) is 0. The van der Waals surface area contributed by atoms with E-state index in [-0.39, 0.29) is 12.1 Å². The highest BCUT2D eigenvalue weighted by atomic mass is 16.6. The molecule has 1 aromatic rings. The Kier molecular flexibility index (Phi) is 3.11. The van der Waals surface area contributed by atoms with E-state index in [1.54, 1.807) is 6.26 Å². The van der Waals surface area contributed by atoms with Crippen LogP contribution >= 0.6 is 0 Å². The number of nitrogens with two attached hydrogens (primary N) is 1. The first-order valence-electron chi connectivity index (χ1n) is 6.29. The van der Waals surface area contributed by atoms with E-state index in [9.17, 15) is 0 Å². The van der Waals surface area contributed by atoms with Crippen LogP contribution in [0, 0.1) is 0 Å². The van der Waals surface area contributed by atoms with E-state index < -0.39 is 0 Å². The Labute approximate surface area is 106 Å². The smallest absolute Gasteiger partial charge is 0.161 e. The first-order valence-corrected chi connectivity index (χ1v) is 6.29. The van der Waals surface area contributed by atoms with Gasteiger partial charge in [0.15, 0.2) is 17.6 Å². The van der Waals surface area contributed by atoms with Gasteiger partial charge < -0.3 is 19.9 Å². The van der Waals surface area contributed by atoms with E-state index in [0.717, 1.165) is 36.5 Å². The number of hydrogen-bond acceptors (Lipinski definition) is 4. The highest BCUT2D eigenvalue weighted by Crippen LogP contribution is 2.32. The van der Waals surface area contributed by atoms with Crippen LogP contribution in [0.5, 0.6) is 11.5 Å². The van der Waals surface area contributed by atoms with Gasteiger partial charge in [-0.15, -0.1) is 0 Å². The van der Waals surface area contributed by atoms with Crippen LogP contribution in [0.15, 0.2) is 36.1 Å². The largest absolute Gasteiger partial charge is 0.501 e. The minimum absolute atomic E-state index is 0.146. The van der Waals surface area contributed by atoms with Crippen molar-refractivity contribution in [1.82, 2.24) is 0 Å². The molecular weight excluding hydrogens is 230 g/mol. The van der Waals surface area contributed by atoms with Crippen molar-refractivity contribution in [3.63, 3.8) is 0 Å². The molecule has 4 heteroatoms. The molecule has 0 bridgehead atoms. The predicted octanol–water partition coefficient (Wildman–Crippen LogP) is 1.85. The third kappa shape index (κ3) is 2.16. The molecule has 18 heavy (non-hydrogen) atoms. The normalized spacial score (nSPS) is 23.8. The molecule has 4 nitrogen and oxygen atoms in total. The number of ether oxygens (including phenoxy) is 3. The molecule has 2 aliphatic rings. The summed E-state index contributed by atoms with van der Waals surface area (Å²) in [6.45, 7) is 1.26. The first kappa shape index (κ1) is 11.4. The highest BCUT2D eigenvalue weighted by Gasteiger charge is 2.29. The first-order chi connectivity index (χ1) is 8.84. The average molecular weight is 247 g/mol. The fourth-order valence-electron chi connectivity index (χ4n) is 2.28. The molecule has 2 unspecified atom stereocenters. The van der Waals surface area contributed by atoms with Crippen LogP contribution in [0.25, 0.3) is 0 Å². The van der Waals surface area contributed by atoms with Crippen molar-refractivity contribution in [2.24, 2.45) is 5.73 Å². The minimum Gasteiger partial charge on any atom is -0.501 e. The van der Waals surface area contributed by atoms with Crippen LogP contribution in [0.2, 0.25) is 0 Å². The third-order valence-corrected chi connectivity index (χ3v) is 3.32. The number of para-hydroxylation sites is 2. The van der Waals surface area contributed by atoms with Gasteiger partial charge in [-0.05, 0) is 30.5 Å². The van der Waals surface area contributed by atoms with Crippen LogP contribution < -0.4 is 15.2 Å². The molecule has 0 spiro atoms. The molecule has 0 saturated carbocycles. The van der Waals surface area contributed by atoms with Crippen LogP contribution in [0.1, 0.15) is 12.8 Å². The predicted molar refractivity (Wildman–Crippen MR) is 67.6 cm³/mol. The topological polar surface area (TPSA) is 53.7 Å². The summed E-state index contributed by atoms with van der Waals surface area (Å²) in [5, 5.41) is 0. The van der Waals surface area contributed by atoms with Crippen molar-refractivity contribution in [2.45, 2.75) is 25.0 Å². The number of rotatable bonds is 2. The maximum atomic E-state index is 6.23. The van der Waals surface area contributed by atoms with Crippen LogP contribution in [-0.2, 0) is 4.74 Å². The molecule has 0 aromatic heterocycles. The van der Waals surface area contributed by atoms with Crippen molar-refractivity contribution in [2.75, 3.05) is 13.2 Å². The molecule has 1 aromatic carbocycles. The highest BCUT2D eigenvalue weighted by molar-refractivity contribution is 5.41. The van der Waals surface area contributed by atoms with Crippen molar-refractivity contribution >= 4 is 0 Å². The van der Waals surface area contributed by atoms with Crippen LogP contribution in [0.3, 0.4) is 0 Å². The van der Waals surface area contributed by atoms with Gasteiger partial charge in [-0.2, -0.15) is 0 Å². The maximum absolute atomic E-state index is 6.23. The Morgan fingerprint density at radius 2 is 2.06 bits per heavy atom. The second-order valence-corrected chi connectivity index (χ2v) is 4.61. The number of benzene rings is 1.